The Morgan fingerprint density at radius 3 is 1.21 bits per heavy atom. The van der Waals surface area contributed by atoms with Gasteiger partial charge in [0.2, 0.25) is 0 Å². The summed E-state index contributed by atoms with van der Waals surface area (Å²) < 4.78 is 50.7. The summed E-state index contributed by atoms with van der Waals surface area (Å²) in [6, 6.07) is 29.4. The molecule has 1 aliphatic rings. The molecule has 0 spiro atoms. The third-order valence-corrected chi connectivity index (χ3v) is 7.01. The molecular formula is C34H32N2Na2O8S2. The van der Waals surface area contributed by atoms with Gasteiger partial charge < -0.3 is 10.6 Å². The van der Waals surface area contributed by atoms with Crippen LogP contribution in [-0.2, 0) is 34.1 Å². The number of carbonyl (C=O) groups excluding carboxylic acids is 2. The second-order valence-corrected chi connectivity index (χ2v) is 11.0. The number of hydrogen-bond donors (Lipinski definition) is 2. The smallest absolute Gasteiger partial charge is 0.378 e. The summed E-state index contributed by atoms with van der Waals surface area (Å²) in [7, 11) is -6.22. The molecule has 14 heteroatoms. The SMILES string of the molecule is CCCCc1c[c-]c(Nc2ccc(Nc3[c-]cc(CCCC)cc3)c3c2C(=O)c2ccccc2C3=O)cc1.O=S(=O)=O.O=S(=O)=O.[Na+].[Na+]. The molecule has 240 valence electrons. The van der Waals surface area contributed by atoms with Crippen molar-refractivity contribution in [2.24, 2.45) is 0 Å². The maximum absolute atomic E-state index is 13.7. The Morgan fingerprint density at radius 1 is 0.562 bits per heavy atom. The van der Waals surface area contributed by atoms with Crippen LogP contribution in [0.5, 0.6) is 0 Å². The third-order valence-electron chi connectivity index (χ3n) is 7.01. The predicted octanol–water partition coefficient (Wildman–Crippen LogP) is 0.235. The molecular weight excluding hydrogens is 674 g/mol. The minimum atomic E-state index is -3.11. The van der Waals surface area contributed by atoms with Crippen LogP contribution in [0.4, 0.5) is 22.7 Å². The Kier molecular flexibility index (Phi) is 19.7. The van der Waals surface area contributed by atoms with Gasteiger partial charge in [-0.05, 0) is 12.1 Å². The van der Waals surface area contributed by atoms with Crippen molar-refractivity contribution in [1.29, 1.82) is 0 Å². The van der Waals surface area contributed by atoms with Gasteiger partial charge in [-0.2, -0.15) is 47.5 Å². The number of hydrogen-bond acceptors (Lipinski definition) is 10. The first kappa shape index (κ1) is 43.1. The van der Waals surface area contributed by atoms with Gasteiger partial charge in [0, 0.05) is 22.5 Å². The molecule has 0 heterocycles. The summed E-state index contributed by atoms with van der Waals surface area (Å²) in [5.74, 6) is -0.334. The van der Waals surface area contributed by atoms with Crippen molar-refractivity contribution < 1.29 is 94.0 Å². The zero-order chi connectivity index (χ0) is 33.6. The van der Waals surface area contributed by atoms with Gasteiger partial charge in [-0.15, -0.1) is 37.4 Å². The van der Waals surface area contributed by atoms with E-state index in [-0.39, 0.29) is 70.7 Å². The summed E-state index contributed by atoms with van der Waals surface area (Å²) in [4.78, 5) is 27.5. The van der Waals surface area contributed by atoms with Crippen molar-refractivity contribution in [3.05, 3.63) is 118 Å². The van der Waals surface area contributed by atoms with E-state index in [4.69, 9.17) is 25.3 Å². The Morgan fingerprint density at radius 2 is 0.917 bits per heavy atom. The number of anilines is 4. The number of ketones is 2. The van der Waals surface area contributed by atoms with E-state index in [1.54, 1.807) is 24.3 Å². The van der Waals surface area contributed by atoms with Gasteiger partial charge in [-0.3, -0.25) is 9.59 Å². The molecule has 0 radical (unpaired) electrons. The number of benzene rings is 4. The van der Waals surface area contributed by atoms with Crippen LogP contribution >= 0.6 is 0 Å². The van der Waals surface area contributed by atoms with Crippen molar-refractivity contribution >= 4 is 55.5 Å². The number of unbranched alkanes of at least 4 members (excludes halogenated alkanes) is 2. The number of nitrogens with one attached hydrogen (secondary N) is 2. The standard InChI is InChI=1S/C34H32N2O2.2Na.2O3S/c1-3-5-9-23-13-17-25(18-14-23)35-29-21-22-30(36-26-19-15-24(16-20-26)10-6-4-2)32-31(29)33(37)27-11-7-8-12-28(27)34(32)38;;;2*1-4(2)3/h7-8,11-17,19,21-22,35-36H,3-6,9-10H2,1-2H3;;;;/q-2;2*+1;;. The molecule has 0 aliphatic heterocycles. The minimum Gasteiger partial charge on any atom is -0.378 e. The van der Waals surface area contributed by atoms with E-state index in [0.29, 0.717) is 33.6 Å². The molecule has 0 aromatic heterocycles. The van der Waals surface area contributed by atoms with E-state index in [1.165, 1.54) is 11.1 Å². The maximum atomic E-state index is 13.7. The van der Waals surface area contributed by atoms with E-state index in [9.17, 15) is 9.59 Å². The Labute approximate surface area is 327 Å². The van der Waals surface area contributed by atoms with E-state index < -0.39 is 21.2 Å². The molecule has 0 fully saturated rings. The molecule has 0 saturated carbocycles. The fraction of sp³-hybridized carbons (Fsp3) is 0.235. The van der Waals surface area contributed by atoms with Crippen molar-refractivity contribution in [3.8, 4) is 0 Å². The molecule has 0 unspecified atom stereocenters. The van der Waals surface area contributed by atoms with E-state index in [1.807, 2.05) is 36.4 Å². The molecule has 1 aliphatic carbocycles. The molecule has 0 bridgehead atoms. The third kappa shape index (κ3) is 12.8. The van der Waals surface area contributed by atoms with E-state index in [0.717, 1.165) is 49.9 Å². The number of aryl methyl sites for hydroxylation is 2. The zero-order valence-electron chi connectivity index (χ0n) is 27.3. The van der Waals surface area contributed by atoms with Crippen LogP contribution in [0.25, 0.3) is 0 Å². The Balaban J connectivity index is 0.00000104. The number of carbonyl (C=O) groups is 2. The summed E-state index contributed by atoms with van der Waals surface area (Å²) >= 11 is 0. The van der Waals surface area contributed by atoms with Crippen LogP contribution in [0.1, 0.15) is 82.5 Å². The fourth-order valence-corrected chi connectivity index (χ4v) is 4.86. The van der Waals surface area contributed by atoms with Crippen LogP contribution in [0.2, 0.25) is 0 Å². The molecule has 0 atom stereocenters. The predicted molar refractivity (Wildman–Crippen MR) is 173 cm³/mol. The van der Waals surface area contributed by atoms with Gasteiger partial charge in [0.05, 0.1) is 11.1 Å². The van der Waals surface area contributed by atoms with Crippen molar-refractivity contribution in [3.63, 3.8) is 0 Å². The molecule has 4 aromatic carbocycles. The topological polar surface area (TPSA) is 161 Å². The second-order valence-electron chi connectivity index (χ2n) is 10.2. The van der Waals surface area contributed by atoms with Crippen molar-refractivity contribution in [2.45, 2.75) is 52.4 Å². The van der Waals surface area contributed by atoms with Gasteiger partial charge in [0.15, 0.2) is 11.6 Å². The van der Waals surface area contributed by atoms with Crippen LogP contribution < -0.4 is 69.7 Å². The second kappa shape index (κ2) is 21.9. The minimum absolute atomic E-state index is 0. The van der Waals surface area contributed by atoms with Gasteiger partial charge in [-0.25, -0.2) is 0 Å². The first-order chi connectivity index (χ1) is 22.0. The molecule has 4 aromatic rings. The summed E-state index contributed by atoms with van der Waals surface area (Å²) in [5, 5.41) is 6.70. The summed E-state index contributed by atoms with van der Waals surface area (Å²) in [6.07, 6.45) is 6.59. The summed E-state index contributed by atoms with van der Waals surface area (Å²) in [5.41, 5.74) is 6.76. The fourth-order valence-electron chi connectivity index (χ4n) is 4.86. The molecule has 0 amide bonds. The van der Waals surface area contributed by atoms with Crippen LogP contribution in [0.3, 0.4) is 0 Å². The van der Waals surface area contributed by atoms with Gasteiger partial charge >= 0.3 is 80.3 Å². The maximum Gasteiger partial charge on any atom is 1.00 e. The first-order valence-electron chi connectivity index (χ1n) is 14.5. The largest absolute Gasteiger partial charge is 1.00 e. The van der Waals surface area contributed by atoms with Crippen LogP contribution in [0, 0.1) is 12.1 Å². The zero-order valence-corrected chi connectivity index (χ0v) is 32.9. The Bertz CT molecular complexity index is 1770. The van der Waals surface area contributed by atoms with Crippen LogP contribution in [0.15, 0.2) is 72.8 Å². The normalized spacial score (nSPS) is 10.6. The Hall–Kier alpha value is -2.94. The monoisotopic (exact) mass is 706 g/mol. The average molecular weight is 707 g/mol. The molecule has 2 N–H and O–H groups in total. The quantitative estimate of drug-likeness (QED) is 0.152. The van der Waals surface area contributed by atoms with Gasteiger partial charge in [-0.1, -0.05) is 88.0 Å². The molecule has 48 heavy (non-hydrogen) atoms. The molecule has 5 rings (SSSR count). The molecule has 10 nitrogen and oxygen atoms in total. The van der Waals surface area contributed by atoms with Crippen LogP contribution in [-0.4, -0.2) is 36.8 Å². The average Bonchev–Trinajstić information content (AvgIpc) is 3.03. The first-order valence-corrected chi connectivity index (χ1v) is 16.5. The molecule has 0 saturated heterocycles. The van der Waals surface area contributed by atoms with E-state index in [2.05, 4.69) is 48.7 Å². The summed E-state index contributed by atoms with van der Waals surface area (Å²) in [6.45, 7) is 4.36. The van der Waals surface area contributed by atoms with Crippen molar-refractivity contribution in [2.75, 3.05) is 10.6 Å². The van der Waals surface area contributed by atoms with E-state index >= 15 is 0 Å². The number of rotatable bonds is 10. The number of fused-ring (bicyclic) bond motifs is 2. The van der Waals surface area contributed by atoms with Gasteiger partial charge in [0.25, 0.3) is 0 Å². The van der Waals surface area contributed by atoms with Crippen molar-refractivity contribution in [1.82, 2.24) is 0 Å². The van der Waals surface area contributed by atoms with Gasteiger partial charge in [0.1, 0.15) is 0 Å².